The van der Waals surface area contributed by atoms with Gasteiger partial charge in [0, 0.05) is 29.4 Å². The molecule has 1 aliphatic rings. The van der Waals surface area contributed by atoms with Gasteiger partial charge in [0.15, 0.2) is 0 Å². The van der Waals surface area contributed by atoms with E-state index in [1.54, 1.807) is 6.07 Å². The average Bonchev–Trinajstić information content (AvgIpc) is 3.23. The number of nitrogens with zero attached hydrogens (tertiary/aromatic N) is 2. The molecule has 1 saturated carbocycles. The largest absolute Gasteiger partial charge is 0.355 e. The molecule has 0 atom stereocenters. The number of hydrogen-bond acceptors (Lipinski definition) is 3. The maximum Gasteiger partial charge on any atom is 0.261 e. The summed E-state index contributed by atoms with van der Waals surface area (Å²) in [5, 5.41) is 3.67. The molecule has 0 aliphatic heterocycles. The summed E-state index contributed by atoms with van der Waals surface area (Å²) in [5.74, 6) is -0.0338. The van der Waals surface area contributed by atoms with Crippen LogP contribution in [0.3, 0.4) is 0 Å². The third-order valence-corrected chi connectivity index (χ3v) is 6.43. The van der Waals surface area contributed by atoms with Crippen molar-refractivity contribution in [3.63, 3.8) is 0 Å². The Morgan fingerprint density at radius 1 is 1.14 bits per heavy atom. The first kappa shape index (κ1) is 19.8. The number of carbonyl (C=O) groups is 1. The van der Waals surface area contributed by atoms with Crippen LogP contribution in [0.25, 0.3) is 10.9 Å². The molecule has 0 bridgehead atoms. The van der Waals surface area contributed by atoms with E-state index in [-0.39, 0.29) is 23.3 Å². The SMILES string of the molecule is O=C(CCn1cnc2ccc(Br)cc2c1=O)NCC1(c2ccccc2)CCCC1. The second-order valence-corrected chi connectivity index (χ2v) is 8.70. The minimum absolute atomic E-state index is 0.0323. The second-order valence-electron chi connectivity index (χ2n) is 7.78. The molecule has 1 heterocycles. The standard InChI is InChI=1S/C23H24BrN3O2/c24-18-8-9-20-19(14-18)22(29)27(16-26-20)13-10-21(28)25-15-23(11-4-5-12-23)17-6-2-1-3-7-17/h1-3,6-9,14,16H,4-5,10-13,15H2,(H,25,28). The summed E-state index contributed by atoms with van der Waals surface area (Å²) in [4.78, 5) is 29.5. The van der Waals surface area contributed by atoms with E-state index >= 15 is 0 Å². The van der Waals surface area contributed by atoms with Crippen LogP contribution in [0, 0.1) is 0 Å². The van der Waals surface area contributed by atoms with Crippen LogP contribution >= 0.6 is 15.9 Å². The Kier molecular flexibility index (Phi) is 5.81. The van der Waals surface area contributed by atoms with Gasteiger partial charge in [0.25, 0.3) is 5.56 Å². The van der Waals surface area contributed by atoms with Crippen molar-refractivity contribution >= 4 is 32.7 Å². The van der Waals surface area contributed by atoms with Crippen LogP contribution in [0.2, 0.25) is 0 Å². The molecule has 0 unspecified atom stereocenters. The van der Waals surface area contributed by atoms with Crippen LogP contribution < -0.4 is 10.9 Å². The maximum absolute atomic E-state index is 12.7. The average molecular weight is 454 g/mol. The molecular weight excluding hydrogens is 430 g/mol. The molecule has 5 nitrogen and oxygen atoms in total. The Morgan fingerprint density at radius 2 is 1.90 bits per heavy atom. The van der Waals surface area contributed by atoms with Crippen LogP contribution in [0.4, 0.5) is 0 Å². The van der Waals surface area contributed by atoms with Crippen molar-refractivity contribution in [2.24, 2.45) is 0 Å². The Hall–Kier alpha value is -2.47. The number of fused-ring (bicyclic) bond motifs is 1. The van der Waals surface area contributed by atoms with Gasteiger partial charge in [0.1, 0.15) is 0 Å². The zero-order valence-electron chi connectivity index (χ0n) is 16.2. The van der Waals surface area contributed by atoms with Gasteiger partial charge in [0.05, 0.1) is 17.2 Å². The molecule has 2 aromatic carbocycles. The molecule has 0 spiro atoms. The zero-order valence-corrected chi connectivity index (χ0v) is 17.8. The van der Waals surface area contributed by atoms with Crippen molar-refractivity contribution < 1.29 is 4.79 Å². The molecule has 0 saturated heterocycles. The van der Waals surface area contributed by atoms with Crippen LogP contribution in [-0.2, 0) is 16.8 Å². The predicted octanol–water partition coefficient (Wildman–Crippen LogP) is 4.18. The lowest BCUT2D eigenvalue weighted by atomic mass is 9.79. The Bertz CT molecular complexity index is 1070. The number of amides is 1. The minimum Gasteiger partial charge on any atom is -0.355 e. The highest BCUT2D eigenvalue weighted by molar-refractivity contribution is 9.10. The second kappa shape index (κ2) is 8.49. The van der Waals surface area contributed by atoms with E-state index in [0.29, 0.717) is 24.0 Å². The first-order chi connectivity index (χ1) is 14.1. The van der Waals surface area contributed by atoms with Crippen molar-refractivity contribution in [1.82, 2.24) is 14.9 Å². The number of halogens is 1. The van der Waals surface area contributed by atoms with Gasteiger partial charge < -0.3 is 5.32 Å². The third kappa shape index (κ3) is 4.27. The number of benzene rings is 2. The lowest BCUT2D eigenvalue weighted by molar-refractivity contribution is -0.121. The smallest absolute Gasteiger partial charge is 0.261 e. The van der Waals surface area contributed by atoms with Crippen molar-refractivity contribution in [2.45, 2.75) is 44.1 Å². The zero-order chi connectivity index (χ0) is 20.3. The van der Waals surface area contributed by atoms with E-state index < -0.39 is 0 Å². The van der Waals surface area contributed by atoms with Crippen LogP contribution in [0.1, 0.15) is 37.7 Å². The van der Waals surface area contributed by atoms with Crippen molar-refractivity contribution in [3.05, 3.63) is 75.2 Å². The van der Waals surface area contributed by atoms with Gasteiger partial charge in [-0.2, -0.15) is 0 Å². The fourth-order valence-corrected chi connectivity index (χ4v) is 4.64. The van der Waals surface area contributed by atoms with E-state index in [0.717, 1.165) is 17.3 Å². The molecule has 1 fully saturated rings. The maximum atomic E-state index is 12.7. The topological polar surface area (TPSA) is 64.0 Å². The number of carbonyl (C=O) groups excluding carboxylic acids is 1. The third-order valence-electron chi connectivity index (χ3n) is 5.94. The summed E-state index contributed by atoms with van der Waals surface area (Å²) in [6.45, 7) is 0.964. The number of aryl methyl sites for hydroxylation is 1. The summed E-state index contributed by atoms with van der Waals surface area (Å²) >= 11 is 3.39. The highest BCUT2D eigenvalue weighted by Gasteiger charge is 2.35. The first-order valence-corrected chi connectivity index (χ1v) is 10.8. The van der Waals surface area contributed by atoms with Crippen LogP contribution in [-0.4, -0.2) is 22.0 Å². The number of nitrogens with one attached hydrogen (secondary N) is 1. The van der Waals surface area contributed by atoms with E-state index in [4.69, 9.17) is 0 Å². The normalized spacial score (nSPS) is 15.5. The molecule has 150 valence electrons. The summed E-state index contributed by atoms with van der Waals surface area (Å²) in [6.07, 6.45) is 6.36. The van der Waals surface area contributed by atoms with Gasteiger partial charge in [0.2, 0.25) is 5.91 Å². The molecule has 1 aliphatic carbocycles. The van der Waals surface area contributed by atoms with Crippen molar-refractivity contribution in [1.29, 1.82) is 0 Å². The molecule has 1 N–H and O–H groups in total. The summed E-state index contributed by atoms with van der Waals surface area (Å²) in [5.41, 5.74) is 1.87. The fraction of sp³-hybridized carbons (Fsp3) is 0.348. The summed E-state index contributed by atoms with van der Waals surface area (Å²) in [6, 6.07) is 15.9. The highest BCUT2D eigenvalue weighted by Crippen LogP contribution is 2.40. The van der Waals surface area contributed by atoms with E-state index in [1.165, 1.54) is 29.3 Å². The van der Waals surface area contributed by atoms with E-state index in [1.807, 2.05) is 18.2 Å². The molecule has 6 heteroatoms. The summed E-state index contributed by atoms with van der Waals surface area (Å²) in [7, 11) is 0. The van der Waals surface area contributed by atoms with Crippen molar-refractivity contribution in [3.8, 4) is 0 Å². The molecule has 0 radical (unpaired) electrons. The molecule has 3 aromatic rings. The van der Waals surface area contributed by atoms with Crippen LogP contribution in [0.5, 0.6) is 0 Å². The summed E-state index contributed by atoms with van der Waals surface area (Å²) < 4.78 is 2.35. The number of aromatic nitrogens is 2. The molecule has 4 rings (SSSR count). The lowest BCUT2D eigenvalue weighted by Gasteiger charge is -2.30. The van der Waals surface area contributed by atoms with E-state index in [9.17, 15) is 9.59 Å². The Balaban J connectivity index is 1.41. The van der Waals surface area contributed by atoms with Gasteiger partial charge in [-0.15, -0.1) is 0 Å². The highest BCUT2D eigenvalue weighted by atomic mass is 79.9. The number of hydrogen-bond donors (Lipinski definition) is 1. The van der Waals surface area contributed by atoms with Crippen LogP contribution in [0.15, 0.2) is 64.1 Å². The molecule has 1 amide bonds. The first-order valence-electron chi connectivity index (χ1n) is 10.0. The quantitative estimate of drug-likeness (QED) is 0.608. The lowest BCUT2D eigenvalue weighted by Crippen LogP contribution is -2.39. The number of rotatable bonds is 6. The predicted molar refractivity (Wildman–Crippen MR) is 118 cm³/mol. The minimum atomic E-state index is -0.124. The molecule has 1 aromatic heterocycles. The Morgan fingerprint density at radius 3 is 2.66 bits per heavy atom. The van der Waals surface area contributed by atoms with Gasteiger partial charge in [-0.25, -0.2) is 4.98 Å². The Labute approximate surface area is 178 Å². The van der Waals surface area contributed by atoms with Gasteiger partial charge >= 0.3 is 0 Å². The monoisotopic (exact) mass is 453 g/mol. The molecule has 29 heavy (non-hydrogen) atoms. The van der Waals surface area contributed by atoms with E-state index in [2.05, 4.69) is 50.5 Å². The fourth-order valence-electron chi connectivity index (χ4n) is 4.28. The van der Waals surface area contributed by atoms with Gasteiger partial charge in [-0.05, 0) is 36.6 Å². The van der Waals surface area contributed by atoms with Crippen molar-refractivity contribution in [2.75, 3.05) is 6.54 Å². The van der Waals surface area contributed by atoms with Gasteiger partial charge in [-0.1, -0.05) is 59.1 Å². The molecular formula is C23H24BrN3O2. The van der Waals surface area contributed by atoms with Gasteiger partial charge in [-0.3, -0.25) is 14.2 Å².